The van der Waals surface area contributed by atoms with Crippen LogP contribution in [0.25, 0.3) is 0 Å². The molecule has 0 aliphatic carbocycles. The zero-order valence-corrected chi connectivity index (χ0v) is 6.46. The van der Waals surface area contributed by atoms with E-state index >= 15 is 0 Å². The third kappa shape index (κ3) is 5.53. The van der Waals surface area contributed by atoms with Gasteiger partial charge in [0.2, 0.25) is 0 Å². The lowest BCUT2D eigenvalue weighted by molar-refractivity contribution is -0.148. The maximum Gasteiger partial charge on any atom is 0.308 e. The van der Waals surface area contributed by atoms with Gasteiger partial charge in [0.15, 0.2) is 0 Å². The summed E-state index contributed by atoms with van der Waals surface area (Å²) in [4.78, 5) is 10.6. The van der Waals surface area contributed by atoms with Gasteiger partial charge in [0.25, 0.3) is 0 Å². The molecule has 4 heteroatoms. The monoisotopic (exact) mass is 149 g/mol. The smallest absolute Gasteiger partial charge is 0.308 e. The molecular formula is C6H15NO3. The molecule has 62 valence electrons. The Labute approximate surface area is 60.8 Å². The van der Waals surface area contributed by atoms with Gasteiger partial charge < -0.3 is 16.0 Å². The fraction of sp³-hybridized carbons (Fsp3) is 0.833. The number of hydrogen-bond acceptors (Lipinski definition) is 4. The molecule has 0 saturated heterocycles. The van der Waals surface area contributed by atoms with E-state index in [1.54, 1.807) is 13.8 Å². The first kappa shape index (κ1) is 12.1. The molecule has 0 heterocycles. The highest BCUT2D eigenvalue weighted by Crippen LogP contribution is 1.94. The number of aliphatic hydroxyl groups is 1. The fourth-order valence-corrected chi connectivity index (χ4v) is 0.313. The van der Waals surface area contributed by atoms with E-state index in [9.17, 15) is 4.79 Å². The van der Waals surface area contributed by atoms with Crippen molar-refractivity contribution in [2.24, 2.45) is 5.92 Å². The van der Waals surface area contributed by atoms with Crippen LogP contribution in [0.2, 0.25) is 0 Å². The van der Waals surface area contributed by atoms with Crippen molar-refractivity contribution in [3.8, 4) is 0 Å². The van der Waals surface area contributed by atoms with Crippen LogP contribution in [-0.2, 0) is 9.53 Å². The summed E-state index contributed by atoms with van der Waals surface area (Å²) in [6.07, 6.45) is 0. The normalized spacial score (nSPS) is 8.80. The number of carbonyl (C=O) groups is 1. The van der Waals surface area contributed by atoms with Crippen LogP contribution in [0.15, 0.2) is 0 Å². The first-order valence-corrected chi connectivity index (χ1v) is 2.96. The Morgan fingerprint density at radius 1 is 1.60 bits per heavy atom. The molecule has 4 N–H and O–H groups in total. The fourth-order valence-electron chi connectivity index (χ4n) is 0.313. The molecule has 0 spiro atoms. The minimum atomic E-state index is -0.260. The van der Waals surface area contributed by atoms with Crippen molar-refractivity contribution in [2.45, 2.75) is 13.8 Å². The SMILES string of the molecule is CC(C)C(=O)OCCO.N. The Morgan fingerprint density at radius 2 is 2.10 bits per heavy atom. The van der Waals surface area contributed by atoms with E-state index in [2.05, 4.69) is 4.74 Å². The summed E-state index contributed by atoms with van der Waals surface area (Å²) in [6.45, 7) is 3.51. The molecule has 0 radical (unpaired) electrons. The predicted molar refractivity (Wildman–Crippen MR) is 37.9 cm³/mol. The summed E-state index contributed by atoms with van der Waals surface area (Å²) in [5, 5.41) is 8.22. The largest absolute Gasteiger partial charge is 0.463 e. The van der Waals surface area contributed by atoms with Gasteiger partial charge in [-0.05, 0) is 0 Å². The first-order chi connectivity index (χ1) is 4.18. The molecule has 0 aromatic carbocycles. The number of hydrogen-bond donors (Lipinski definition) is 2. The van der Waals surface area contributed by atoms with Crippen LogP contribution >= 0.6 is 0 Å². The third-order valence-corrected chi connectivity index (χ3v) is 0.807. The average molecular weight is 149 g/mol. The molecule has 0 aromatic rings. The molecular weight excluding hydrogens is 134 g/mol. The lowest BCUT2D eigenvalue weighted by Gasteiger charge is -2.03. The van der Waals surface area contributed by atoms with Crippen LogP contribution in [0.4, 0.5) is 0 Å². The number of esters is 1. The third-order valence-electron chi connectivity index (χ3n) is 0.807. The van der Waals surface area contributed by atoms with Crippen LogP contribution in [0.3, 0.4) is 0 Å². The minimum Gasteiger partial charge on any atom is -0.463 e. The second-order valence-electron chi connectivity index (χ2n) is 2.05. The van der Waals surface area contributed by atoms with E-state index in [4.69, 9.17) is 5.11 Å². The highest BCUT2D eigenvalue weighted by molar-refractivity contribution is 5.71. The summed E-state index contributed by atoms with van der Waals surface area (Å²) >= 11 is 0. The standard InChI is InChI=1S/C6H12O3.H3N/c1-5(2)6(8)9-4-3-7;/h5,7H,3-4H2,1-2H3;1H3. The van der Waals surface area contributed by atoms with E-state index in [1.165, 1.54) is 0 Å². The first-order valence-electron chi connectivity index (χ1n) is 2.96. The minimum absolute atomic E-state index is 0. The Kier molecular flexibility index (Phi) is 7.88. The van der Waals surface area contributed by atoms with Crippen molar-refractivity contribution in [1.29, 1.82) is 0 Å². The van der Waals surface area contributed by atoms with Gasteiger partial charge in [-0.25, -0.2) is 0 Å². The van der Waals surface area contributed by atoms with Crippen LogP contribution in [0, 0.1) is 5.92 Å². The highest BCUT2D eigenvalue weighted by atomic mass is 16.5. The predicted octanol–water partition coefficient (Wildman–Crippen LogP) is 0.340. The van der Waals surface area contributed by atoms with E-state index in [0.717, 1.165) is 0 Å². The summed E-state index contributed by atoms with van der Waals surface area (Å²) in [5.41, 5.74) is 0. The Balaban J connectivity index is 0. The summed E-state index contributed by atoms with van der Waals surface area (Å²) in [5.74, 6) is -0.361. The zero-order chi connectivity index (χ0) is 7.28. The topological polar surface area (TPSA) is 81.5 Å². The summed E-state index contributed by atoms with van der Waals surface area (Å²) in [6, 6.07) is 0. The van der Waals surface area contributed by atoms with E-state index in [-0.39, 0.29) is 31.3 Å². The van der Waals surface area contributed by atoms with E-state index in [1.807, 2.05) is 0 Å². The van der Waals surface area contributed by atoms with Gasteiger partial charge in [0.1, 0.15) is 6.61 Å². The van der Waals surface area contributed by atoms with E-state index < -0.39 is 0 Å². The molecule has 0 saturated carbocycles. The Morgan fingerprint density at radius 3 is 2.40 bits per heavy atom. The molecule has 4 nitrogen and oxygen atoms in total. The molecule has 0 bridgehead atoms. The van der Waals surface area contributed by atoms with Crippen molar-refractivity contribution in [1.82, 2.24) is 6.15 Å². The number of aliphatic hydroxyl groups excluding tert-OH is 1. The molecule has 0 aromatic heterocycles. The van der Waals surface area contributed by atoms with E-state index in [0.29, 0.717) is 0 Å². The van der Waals surface area contributed by atoms with Gasteiger partial charge in [-0.3, -0.25) is 4.79 Å². The van der Waals surface area contributed by atoms with Crippen molar-refractivity contribution < 1.29 is 14.6 Å². The van der Waals surface area contributed by atoms with Crippen molar-refractivity contribution in [3.05, 3.63) is 0 Å². The maximum atomic E-state index is 10.6. The molecule has 0 rings (SSSR count). The molecule has 10 heavy (non-hydrogen) atoms. The number of ether oxygens (including phenoxy) is 1. The second-order valence-corrected chi connectivity index (χ2v) is 2.05. The second kappa shape index (κ2) is 6.51. The summed E-state index contributed by atoms with van der Waals surface area (Å²) in [7, 11) is 0. The average Bonchev–Trinajstić information content (AvgIpc) is 1.82. The lowest BCUT2D eigenvalue weighted by atomic mass is 10.2. The number of rotatable bonds is 3. The van der Waals surface area contributed by atoms with Crippen LogP contribution in [0.5, 0.6) is 0 Å². The van der Waals surface area contributed by atoms with Crippen molar-refractivity contribution in [2.75, 3.05) is 13.2 Å². The van der Waals surface area contributed by atoms with Gasteiger partial charge in [-0.2, -0.15) is 0 Å². The molecule has 0 amide bonds. The van der Waals surface area contributed by atoms with Gasteiger partial charge in [-0.15, -0.1) is 0 Å². The van der Waals surface area contributed by atoms with Crippen LogP contribution < -0.4 is 6.15 Å². The quantitative estimate of drug-likeness (QED) is 0.567. The van der Waals surface area contributed by atoms with Crippen molar-refractivity contribution >= 4 is 5.97 Å². The van der Waals surface area contributed by atoms with Crippen LogP contribution in [-0.4, -0.2) is 24.3 Å². The molecule has 0 aliphatic rings. The lowest BCUT2D eigenvalue weighted by Crippen LogP contribution is -2.13. The highest BCUT2D eigenvalue weighted by Gasteiger charge is 2.06. The van der Waals surface area contributed by atoms with Gasteiger partial charge in [0, 0.05) is 0 Å². The molecule has 0 unspecified atom stereocenters. The molecule has 0 aliphatic heterocycles. The van der Waals surface area contributed by atoms with Gasteiger partial charge in [0.05, 0.1) is 12.5 Å². The Hall–Kier alpha value is -0.610. The number of carbonyl (C=O) groups excluding carboxylic acids is 1. The van der Waals surface area contributed by atoms with Gasteiger partial charge >= 0.3 is 5.97 Å². The maximum absolute atomic E-state index is 10.6. The summed E-state index contributed by atoms with van der Waals surface area (Å²) < 4.78 is 4.56. The van der Waals surface area contributed by atoms with Crippen molar-refractivity contribution in [3.63, 3.8) is 0 Å². The van der Waals surface area contributed by atoms with Gasteiger partial charge in [-0.1, -0.05) is 13.8 Å². The Bertz CT molecular complexity index is 93.0. The zero-order valence-electron chi connectivity index (χ0n) is 6.46. The van der Waals surface area contributed by atoms with Crippen LogP contribution in [0.1, 0.15) is 13.8 Å². The molecule has 0 atom stereocenters. The molecule has 0 fully saturated rings.